The third kappa shape index (κ3) is 4.01. The summed E-state index contributed by atoms with van der Waals surface area (Å²) in [6, 6.07) is 8.52. The highest BCUT2D eigenvalue weighted by atomic mass is 32.2. The second-order valence-corrected chi connectivity index (χ2v) is 7.64. The minimum Gasteiger partial charge on any atom is -0.482 e. The molecule has 1 aromatic carbocycles. The molecule has 0 radical (unpaired) electrons. The van der Waals surface area contributed by atoms with E-state index in [0.717, 1.165) is 25.9 Å². The molecule has 0 spiro atoms. The van der Waals surface area contributed by atoms with E-state index in [9.17, 15) is 14.4 Å². The first kappa shape index (κ1) is 18.5. The summed E-state index contributed by atoms with van der Waals surface area (Å²) in [4.78, 5) is 42.4. The van der Waals surface area contributed by atoms with Gasteiger partial charge in [-0.15, -0.1) is 0 Å². The zero-order chi connectivity index (χ0) is 19.5. The molecule has 2 aliphatic rings. The number of rotatable bonds is 5. The molecule has 2 aliphatic heterocycles. The number of hydrogen-bond donors (Lipinski definition) is 1. The number of Topliss-reactive ketones (excluding diaryl/α,β-unsaturated/α-hetero) is 1. The van der Waals surface area contributed by atoms with Crippen LogP contribution in [-0.2, 0) is 4.79 Å². The number of carbonyl (C=O) groups is 3. The van der Waals surface area contributed by atoms with Crippen LogP contribution in [0.1, 0.15) is 33.6 Å². The van der Waals surface area contributed by atoms with Gasteiger partial charge >= 0.3 is 0 Å². The molecule has 0 unspecified atom stereocenters. The lowest BCUT2D eigenvalue weighted by atomic mass is 10.1. The molecular formula is C20H19N3O4S. The Balaban J connectivity index is 1.36. The van der Waals surface area contributed by atoms with Gasteiger partial charge in [0, 0.05) is 24.8 Å². The summed E-state index contributed by atoms with van der Waals surface area (Å²) in [6.45, 7) is 1.59. The molecule has 3 heterocycles. The van der Waals surface area contributed by atoms with E-state index in [2.05, 4.69) is 10.3 Å². The van der Waals surface area contributed by atoms with Crippen LogP contribution in [0.2, 0.25) is 0 Å². The minimum absolute atomic E-state index is 0.0101. The largest absolute Gasteiger partial charge is 0.482 e. The van der Waals surface area contributed by atoms with Crippen LogP contribution in [0.5, 0.6) is 5.75 Å². The van der Waals surface area contributed by atoms with Crippen molar-refractivity contribution in [3.63, 3.8) is 0 Å². The molecule has 7 nitrogen and oxygen atoms in total. The Kier molecular flexibility index (Phi) is 5.29. The lowest BCUT2D eigenvalue weighted by Crippen LogP contribution is -2.27. The van der Waals surface area contributed by atoms with E-state index >= 15 is 0 Å². The van der Waals surface area contributed by atoms with Gasteiger partial charge in [0.1, 0.15) is 5.75 Å². The predicted octanol–water partition coefficient (Wildman–Crippen LogP) is 2.62. The van der Waals surface area contributed by atoms with Gasteiger partial charge in [-0.1, -0.05) is 11.8 Å². The maximum absolute atomic E-state index is 12.5. The Morgan fingerprint density at radius 3 is 2.68 bits per heavy atom. The van der Waals surface area contributed by atoms with Crippen LogP contribution in [0.3, 0.4) is 0 Å². The van der Waals surface area contributed by atoms with Crippen LogP contribution in [0.25, 0.3) is 0 Å². The molecule has 2 aromatic rings. The van der Waals surface area contributed by atoms with Crippen molar-refractivity contribution >= 4 is 35.0 Å². The van der Waals surface area contributed by atoms with Crippen molar-refractivity contribution in [3.8, 4) is 5.75 Å². The number of ketones is 1. The van der Waals surface area contributed by atoms with Crippen LogP contribution in [0, 0.1) is 0 Å². The highest BCUT2D eigenvalue weighted by Gasteiger charge is 2.20. The van der Waals surface area contributed by atoms with Crippen molar-refractivity contribution in [2.24, 2.45) is 0 Å². The molecule has 0 atom stereocenters. The normalized spacial score (nSPS) is 15.6. The zero-order valence-corrected chi connectivity index (χ0v) is 16.0. The molecule has 1 fully saturated rings. The van der Waals surface area contributed by atoms with Crippen molar-refractivity contribution in [2.45, 2.75) is 17.9 Å². The zero-order valence-electron chi connectivity index (χ0n) is 15.1. The number of anilines is 1. The molecule has 1 N–H and O–H groups in total. The summed E-state index contributed by atoms with van der Waals surface area (Å²) in [5.74, 6) is 0.463. The van der Waals surface area contributed by atoms with Gasteiger partial charge in [-0.3, -0.25) is 14.4 Å². The van der Waals surface area contributed by atoms with Crippen molar-refractivity contribution < 1.29 is 19.1 Å². The lowest BCUT2D eigenvalue weighted by molar-refractivity contribution is -0.118. The average Bonchev–Trinajstić information content (AvgIpc) is 3.26. The first-order chi connectivity index (χ1) is 13.6. The number of fused-ring (bicyclic) bond motifs is 1. The van der Waals surface area contributed by atoms with Crippen molar-refractivity contribution in [1.29, 1.82) is 0 Å². The van der Waals surface area contributed by atoms with Crippen LogP contribution in [0.4, 0.5) is 5.69 Å². The second kappa shape index (κ2) is 8.02. The first-order valence-corrected chi connectivity index (χ1v) is 10.1. The first-order valence-electron chi connectivity index (χ1n) is 9.08. The standard InChI is InChI=1S/C20H19N3O4S/c24-16(13-3-5-17-15(9-13)22-18(25)11-27-17)12-28-19-6-4-14(10-21-19)20(26)23-7-1-2-8-23/h3-6,9-10H,1-2,7-8,11-12H2,(H,22,25). The molecule has 0 aliphatic carbocycles. The van der Waals surface area contributed by atoms with Gasteiger partial charge in [-0.25, -0.2) is 4.98 Å². The highest BCUT2D eigenvalue weighted by Crippen LogP contribution is 2.29. The smallest absolute Gasteiger partial charge is 0.262 e. The lowest BCUT2D eigenvalue weighted by Gasteiger charge is -2.18. The van der Waals surface area contributed by atoms with E-state index in [4.69, 9.17) is 4.74 Å². The van der Waals surface area contributed by atoms with Gasteiger partial charge in [-0.2, -0.15) is 0 Å². The molecule has 144 valence electrons. The average molecular weight is 397 g/mol. The number of carbonyl (C=O) groups excluding carboxylic acids is 3. The molecule has 2 amide bonds. The highest BCUT2D eigenvalue weighted by molar-refractivity contribution is 7.99. The Morgan fingerprint density at radius 1 is 1.14 bits per heavy atom. The molecule has 1 aromatic heterocycles. The number of pyridine rings is 1. The molecule has 28 heavy (non-hydrogen) atoms. The number of likely N-dealkylation sites (tertiary alicyclic amines) is 1. The maximum atomic E-state index is 12.5. The number of ether oxygens (including phenoxy) is 1. The van der Waals surface area contributed by atoms with Gasteiger partial charge in [-0.05, 0) is 43.2 Å². The summed E-state index contributed by atoms with van der Waals surface area (Å²) >= 11 is 1.31. The van der Waals surface area contributed by atoms with E-state index in [1.54, 1.807) is 36.5 Å². The number of thioether (sulfide) groups is 1. The Labute approximate surface area is 166 Å². The van der Waals surface area contributed by atoms with Crippen molar-refractivity contribution in [2.75, 3.05) is 30.8 Å². The van der Waals surface area contributed by atoms with E-state index in [1.165, 1.54) is 11.8 Å². The predicted molar refractivity (Wildman–Crippen MR) is 105 cm³/mol. The van der Waals surface area contributed by atoms with Crippen LogP contribution < -0.4 is 10.1 Å². The third-order valence-corrected chi connectivity index (χ3v) is 5.61. The Bertz CT molecular complexity index is 924. The Hall–Kier alpha value is -2.87. The van der Waals surface area contributed by atoms with Crippen LogP contribution in [-0.4, -0.2) is 52.9 Å². The fraction of sp³-hybridized carbons (Fsp3) is 0.300. The van der Waals surface area contributed by atoms with Crippen LogP contribution >= 0.6 is 11.8 Å². The number of amides is 2. The van der Waals surface area contributed by atoms with Gasteiger partial charge in [0.15, 0.2) is 12.4 Å². The second-order valence-electron chi connectivity index (χ2n) is 6.64. The van der Waals surface area contributed by atoms with E-state index < -0.39 is 0 Å². The fourth-order valence-corrected chi connectivity index (χ4v) is 3.91. The molecule has 0 saturated carbocycles. The Morgan fingerprint density at radius 2 is 1.93 bits per heavy atom. The monoisotopic (exact) mass is 397 g/mol. The summed E-state index contributed by atoms with van der Waals surface area (Å²) in [7, 11) is 0. The topological polar surface area (TPSA) is 88.6 Å². The molecule has 4 rings (SSSR count). The number of nitrogens with zero attached hydrogens (tertiary/aromatic N) is 2. The maximum Gasteiger partial charge on any atom is 0.262 e. The third-order valence-electron chi connectivity index (χ3n) is 4.66. The SMILES string of the molecule is O=C1COc2ccc(C(=O)CSc3ccc(C(=O)N4CCCC4)cn3)cc2N1. The van der Waals surface area contributed by atoms with Gasteiger partial charge in [0.05, 0.1) is 22.0 Å². The van der Waals surface area contributed by atoms with E-state index in [1.807, 2.05) is 4.90 Å². The van der Waals surface area contributed by atoms with Gasteiger partial charge in [0.25, 0.3) is 11.8 Å². The van der Waals surface area contributed by atoms with Crippen molar-refractivity contribution in [3.05, 3.63) is 47.7 Å². The fourth-order valence-electron chi connectivity index (χ4n) is 3.17. The van der Waals surface area contributed by atoms with E-state index in [0.29, 0.717) is 27.6 Å². The summed E-state index contributed by atoms with van der Waals surface area (Å²) in [5.41, 5.74) is 1.58. The number of aromatic nitrogens is 1. The summed E-state index contributed by atoms with van der Waals surface area (Å²) < 4.78 is 5.30. The quantitative estimate of drug-likeness (QED) is 0.616. The van der Waals surface area contributed by atoms with Crippen LogP contribution in [0.15, 0.2) is 41.6 Å². The molecule has 0 bridgehead atoms. The summed E-state index contributed by atoms with van der Waals surface area (Å²) in [6.07, 6.45) is 3.67. The number of hydrogen-bond acceptors (Lipinski definition) is 6. The molecular weight excluding hydrogens is 378 g/mol. The number of nitrogens with one attached hydrogen (secondary N) is 1. The molecule has 1 saturated heterocycles. The van der Waals surface area contributed by atoms with E-state index in [-0.39, 0.29) is 30.0 Å². The van der Waals surface area contributed by atoms with Gasteiger partial charge in [0.2, 0.25) is 0 Å². The van der Waals surface area contributed by atoms with Crippen molar-refractivity contribution in [1.82, 2.24) is 9.88 Å². The summed E-state index contributed by atoms with van der Waals surface area (Å²) in [5, 5.41) is 3.38. The number of benzene rings is 1. The molecule has 8 heteroatoms. The minimum atomic E-state index is -0.237. The van der Waals surface area contributed by atoms with Gasteiger partial charge < -0.3 is 15.0 Å².